The number of amides is 1. The van der Waals surface area contributed by atoms with Gasteiger partial charge in [0.1, 0.15) is 5.75 Å². The van der Waals surface area contributed by atoms with Gasteiger partial charge in [-0.3, -0.25) is 4.79 Å². The lowest BCUT2D eigenvalue weighted by molar-refractivity contribution is -0.123. The van der Waals surface area contributed by atoms with Gasteiger partial charge in [-0.2, -0.15) is 0 Å². The van der Waals surface area contributed by atoms with Crippen LogP contribution in [-0.2, 0) is 4.79 Å². The van der Waals surface area contributed by atoms with Gasteiger partial charge in [0.25, 0.3) is 5.91 Å². The molecule has 0 heterocycles. The molecule has 0 aliphatic rings. The van der Waals surface area contributed by atoms with Gasteiger partial charge in [-0.1, -0.05) is 18.2 Å². The van der Waals surface area contributed by atoms with Crippen LogP contribution in [0.15, 0.2) is 24.3 Å². The van der Waals surface area contributed by atoms with Gasteiger partial charge < -0.3 is 15.2 Å². The molecular formula is C14H21NO3. The average molecular weight is 251 g/mol. The summed E-state index contributed by atoms with van der Waals surface area (Å²) in [5.41, 5.74) is 1.01. The molecule has 4 nitrogen and oxygen atoms in total. The predicted molar refractivity (Wildman–Crippen MR) is 70.6 cm³/mol. The van der Waals surface area contributed by atoms with Gasteiger partial charge in [-0.25, -0.2) is 0 Å². The summed E-state index contributed by atoms with van der Waals surface area (Å²) in [7, 11) is 0. The molecule has 0 saturated heterocycles. The second-order valence-corrected chi connectivity index (χ2v) is 4.40. The Hall–Kier alpha value is -1.55. The molecule has 1 aromatic carbocycles. The smallest absolute Gasteiger partial charge is 0.257 e. The monoisotopic (exact) mass is 251 g/mol. The van der Waals surface area contributed by atoms with E-state index in [-0.39, 0.29) is 18.6 Å². The van der Waals surface area contributed by atoms with Crippen molar-refractivity contribution in [2.45, 2.75) is 32.8 Å². The molecule has 0 fully saturated rings. The first-order valence-corrected chi connectivity index (χ1v) is 6.23. The molecule has 1 rings (SSSR count). The quantitative estimate of drug-likeness (QED) is 0.724. The van der Waals surface area contributed by atoms with Gasteiger partial charge in [0, 0.05) is 6.54 Å². The Balaban J connectivity index is 2.19. The lowest BCUT2D eigenvalue weighted by Gasteiger charge is -2.09. The Morgan fingerprint density at radius 2 is 2.17 bits per heavy atom. The zero-order valence-corrected chi connectivity index (χ0v) is 11.0. The molecule has 0 spiro atoms. The van der Waals surface area contributed by atoms with Crippen LogP contribution in [0.3, 0.4) is 0 Å². The van der Waals surface area contributed by atoms with E-state index < -0.39 is 0 Å². The fourth-order valence-corrected chi connectivity index (χ4v) is 1.54. The second-order valence-electron chi connectivity index (χ2n) is 4.40. The van der Waals surface area contributed by atoms with Crippen molar-refractivity contribution < 1.29 is 14.6 Å². The highest BCUT2D eigenvalue weighted by atomic mass is 16.5. The number of aryl methyl sites for hydroxylation is 1. The van der Waals surface area contributed by atoms with Crippen molar-refractivity contribution in [3.05, 3.63) is 29.8 Å². The molecule has 0 aliphatic heterocycles. The van der Waals surface area contributed by atoms with Gasteiger partial charge in [0.15, 0.2) is 6.61 Å². The summed E-state index contributed by atoms with van der Waals surface area (Å²) in [5.74, 6) is 0.598. The van der Waals surface area contributed by atoms with E-state index in [0.717, 1.165) is 17.7 Å². The summed E-state index contributed by atoms with van der Waals surface area (Å²) in [4.78, 5) is 11.5. The van der Waals surface area contributed by atoms with Crippen LogP contribution < -0.4 is 10.1 Å². The highest BCUT2D eigenvalue weighted by molar-refractivity contribution is 5.77. The number of aliphatic hydroxyl groups is 1. The topological polar surface area (TPSA) is 58.6 Å². The van der Waals surface area contributed by atoms with E-state index >= 15 is 0 Å². The summed E-state index contributed by atoms with van der Waals surface area (Å²) in [6.45, 7) is 4.28. The fraction of sp³-hybridized carbons (Fsp3) is 0.500. The molecule has 0 saturated carbocycles. The molecular weight excluding hydrogens is 230 g/mol. The minimum Gasteiger partial charge on any atom is -0.484 e. The van der Waals surface area contributed by atoms with Crippen LogP contribution in [0.1, 0.15) is 25.3 Å². The molecule has 1 unspecified atom stereocenters. The predicted octanol–water partition coefficient (Wildman–Crippen LogP) is 1.65. The number of carbonyl (C=O) groups is 1. The summed E-state index contributed by atoms with van der Waals surface area (Å²) in [5, 5.41) is 11.8. The van der Waals surface area contributed by atoms with Crippen LogP contribution in [0.2, 0.25) is 0 Å². The van der Waals surface area contributed by atoms with E-state index in [1.165, 1.54) is 0 Å². The van der Waals surface area contributed by atoms with Crippen molar-refractivity contribution >= 4 is 5.91 Å². The Morgan fingerprint density at radius 3 is 2.83 bits per heavy atom. The molecule has 0 radical (unpaired) electrons. The average Bonchev–Trinajstić information content (AvgIpc) is 2.33. The van der Waals surface area contributed by atoms with Gasteiger partial charge in [-0.15, -0.1) is 0 Å². The third-order valence-corrected chi connectivity index (χ3v) is 2.57. The van der Waals surface area contributed by atoms with Gasteiger partial charge in [0.05, 0.1) is 6.10 Å². The summed E-state index contributed by atoms with van der Waals surface area (Å²) in [6, 6.07) is 7.59. The third kappa shape index (κ3) is 5.68. The first-order valence-electron chi connectivity index (χ1n) is 6.23. The maximum Gasteiger partial charge on any atom is 0.257 e. The molecule has 1 aromatic rings. The zero-order valence-electron chi connectivity index (χ0n) is 11.0. The number of para-hydroxylation sites is 1. The Kier molecular flexibility index (Phi) is 6.22. The van der Waals surface area contributed by atoms with Crippen LogP contribution in [0.4, 0.5) is 0 Å². The number of nitrogens with one attached hydrogen (secondary N) is 1. The van der Waals surface area contributed by atoms with Crippen molar-refractivity contribution in [1.82, 2.24) is 5.32 Å². The summed E-state index contributed by atoms with van der Waals surface area (Å²) < 4.78 is 5.42. The van der Waals surface area contributed by atoms with E-state index in [1.807, 2.05) is 31.2 Å². The van der Waals surface area contributed by atoms with E-state index in [0.29, 0.717) is 13.0 Å². The zero-order chi connectivity index (χ0) is 13.4. The summed E-state index contributed by atoms with van der Waals surface area (Å²) in [6.07, 6.45) is 1.15. The molecule has 0 aromatic heterocycles. The van der Waals surface area contributed by atoms with Gasteiger partial charge >= 0.3 is 0 Å². The minimum atomic E-state index is -0.315. The van der Waals surface area contributed by atoms with E-state index in [4.69, 9.17) is 9.84 Å². The van der Waals surface area contributed by atoms with E-state index in [1.54, 1.807) is 6.92 Å². The van der Waals surface area contributed by atoms with Crippen LogP contribution in [0, 0.1) is 6.92 Å². The maximum absolute atomic E-state index is 11.5. The molecule has 1 atom stereocenters. The first kappa shape index (κ1) is 14.5. The third-order valence-electron chi connectivity index (χ3n) is 2.57. The van der Waals surface area contributed by atoms with Crippen molar-refractivity contribution in [3.63, 3.8) is 0 Å². The first-order chi connectivity index (χ1) is 8.59. The number of benzene rings is 1. The Labute approximate surface area is 108 Å². The minimum absolute atomic E-state index is 0.0273. The standard InChI is InChI=1S/C14H21NO3/c1-11-6-3-4-8-13(11)18-10-14(17)15-9-5-7-12(2)16/h3-4,6,8,12,16H,5,7,9-10H2,1-2H3,(H,15,17). The fourth-order valence-electron chi connectivity index (χ4n) is 1.54. The summed E-state index contributed by atoms with van der Waals surface area (Å²) >= 11 is 0. The molecule has 100 valence electrons. The Bertz CT molecular complexity index is 377. The lowest BCUT2D eigenvalue weighted by Crippen LogP contribution is -2.30. The molecule has 18 heavy (non-hydrogen) atoms. The highest BCUT2D eigenvalue weighted by Gasteiger charge is 2.04. The lowest BCUT2D eigenvalue weighted by atomic mass is 10.2. The second kappa shape index (κ2) is 7.71. The molecule has 1 amide bonds. The van der Waals surface area contributed by atoms with Crippen molar-refractivity contribution in [2.75, 3.05) is 13.2 Å². The van der Waals surface area contributed by atoms with Crippen LogP contribution in [-0.4, -0.2) is 30.3 Å². The number of ether oxygens (including phenoxy) is 1. The van der Waals surface area contributed by atoms with E-state index in [2.05, 4.69) is 5.32 Å². The van der Waals surface area contributed by atoms with Gasteiger partial charge in [-0.05, 0) is 38.3 Å². The molecule has 0 bridgehead atoms. The van der Waals surface area contributed by atoms with Crippen molar-refractivity contribution in [2.24, 2.45) is 0 Å². The Morgan fingerprint density at radius 1 is 1.44 bits per heavy atom. The van der Waals surface area contributed by atoms with Crippen molar-refractivity contribution in [1.29, 1.82) is 0 Å². The van der Waals surface area contributed by atoms with E-state index in [9.17, 15) is 4.79 Å². The van der Waals surface area contributed by atoms with Gasteiger partial charge in [0.2, 0.25) is 0 Å². The number of hydrogen-bond acceptors (Lipinski definition) is 3. The normalized spacial score (nSPS) is 11.9. The SMILES string of the molecule is Cc1ccccc1OCC(=O)NCCCC(C)O. The van der Waals surface area contributed by atoms with Crippen LogP contribution in [0.5, 0.6) is 5.75 Å². The number of hydrogen-bond donors (Lipinski definition) is 2. The highest BCUT2D eigenvalue weighted by Crippen LogP contribution is 2.15. The van der Waals surface area contributed by atoms with Crippen LogP contribution >= 0.6 is 0 Å². The molecule has 2 N–H and O–H groups in total. The largest absolute Gasteiger partial charge is 0.484 e. The van der Waals surface area contributed by atoms with Crippen LogP contribution in [0.25, 0.3) is 0 Å². The number of carbonyl (C=O) groups excluding carboxylic acids is 1. The molecule has 4 heteroatoms. The number of rotatable bonds is 7. The maximum atomic E-state index is 11.5. The number of aliphatic hydroxyl groups excluding tert-OH is 1. The van der Waals surface area contributed by atoms with Crippen molar-refractivity contribution in [3.8, 4) is 5.75 Å². The molecule has 0 aliphatic carbocycles.